The minimum Gasteiger partial charge on any atom is -0.381 e. The van der Waals surface area contributed by atoms with E-state index in [-0.39, 0.29) is 0 Å². The van der Waals surface area contributed by atoms with Crippen molar-refractivity contribution in [3.05, 3.63) is 0 Å². The molecule has 0 saturated carbocycles. The van der Waals surface area contributed by atoms with Gasteiger partial charge in [0.2, 0.25) is 0 Å². The summed E-state index contributed by atoms with van der Waals surface area (Å²) in [6, 6.07) is 0. The van der Waals surface area contributed by atoms with E-state index in [9.17, 15) is 0 Å². The minimum atomic E-state index is 0.449. The Morgan fingerprint density at radius 3 is 1.64 bits per heavy atom. The fourth-order valence-corrected chi connectivity index (χ4v) is 1.76. The van der Waals surface area contributed by atoms with Gasteiger partial charge in [0.15, 0.2) is 0 Å². The van der Waals surface area contributed by atoms with Crippen molar-refractivity contribution < 1.29 is 4.74 Å². The molecule has 0 rings (SSSR count). The Morgan fingerprint density at radius 1 is 1.09 bits per heavy atom. The molecule has 1 unspecified atom stereocenters. The zero-order chi connectivity index (χ0) is 8.85. The Labute approximate surface area is 71.1 Å². The molecule has 1 nitrogen and oxygen atoms in total. The van der Waals surface area contributed by atoms with E-state index in [0.29, 0.717) is 12.0 Å². The average Bonchev–Trinajstić information content (AvgIpc) is 1.99. The molecule has 0 saturated heterocycles. The molecule has 0 aromatic heterocycles. The third-order valence-electron chi connectivity index (χ3n) is 2.44. The van der Waals surface area contributed by atoms with Crippen LogP contribution in [0.4, 0.5) is 0 Å². The van der Waals surface area contributed by atoms with E-state index in [1.807, 2.05) is 7.11 Å². The van der Waals surface area contributed by atoms with Gasteiger partial charge in [-0.2, -0.15) is 0 Å². The molecule has 0 N–H and O–H groups in total. The van der Waals surface area contributed by atoms with Gasteiger partial charge in [-0.1, -0.05) is 40.5 Å². The first-order chi connectivity index (χ1) is 5.17. The summed E-state index contributed by atoms with van der Waals surface area (Å²) in [5.41, 5.74) is 0. The molecule has 11 heavy (non-hydrogen) atoms. The molecule has 0 aliphatic rings. The lowest BCUT2D eigenvalue weighted by atomic mass is 9.89. The van der Waals surface area contributed by atoms with Gasteiger partial charge in [0.25, 0.3) is 0 Å². The summed E-state index contributed by atoms with van der Waals surface area (Å²) in [4.78, 5) is 0. The number of ether oxygens (including phenoxy) is 1. The second-order valence-corrected chi connectivity index (χ2v) is 3.52. The topological polar surface area (TPSA) is 9.23 Å². The van der Waals surface area contributed by atoms with Gasteiger partial charge in [-0.3, -0.25) is 0 Å². The lowest BCUT2D eigenvalue weighted by Gasteiger charge is -2.27. The summed E-state index contributed by atoms with van der Waals surface area (Å²) < 4.78 is 5.46. The van der Waals surface area contributed by atoms with Crippen LogP contribution in [0.2, 0.25) is 0 Å². The van der Waals surface area contributed by atoms with Gasteiger partial charge in [0, 0.05) is 7.11 Å². The maximum Gasteiger partial charge on any atom is 0.0622 e. The van der Waals surface area contributed by atoms with E-state index in [1.54, 1.807) is 0 Å². The van der Waals surface area contributed by atoms with E-state index in [1.165, 1.54) is 12.8 Å². The lowest BCUT2D eigenvalue weighted by molar-refractivity contribution is 0.0142. The molecule has 0 aromatic rings. The van der Waals surface area contributed by atoms with Crippen molar-refractivity contribution in [2.24, 2.45) is 11.8 Å². The van der Waals surface area contributed by atoms with Gasteiger partial charge in [-0.05, 0) is 11.8 Å². The number of hydrogen-bond donors (Lipinski definition) is 0. The predicted octanol–water partition coefficient (Wildman–Crippen LogP) is 3.09. The number of hydrogen-bond acceptors (Lipinski definition) is 1. The molecule has 0 amide bonds. The van der Waals surface area contributed by atoms with Crippen LogP contribution in [0, 0.1) is 11.8 Å². The Morgan fingerprint density at radius 2 is 1.55 bits per heavy atom. The van der Waals surface area contributed by atoms with Crippen molar-refractivity contribution in [1.29, 1.82) is 0 Å². The van der Waals surface area contributed by atoms with Gasteiger partial charge in [0.05, 0.1) is 6.10 Å². The van der Waals surface area contributed by atoms with Gasteiger partial charge in [-0.15, -0.1) is 0 Å². The van der Waals surface area contributed by atoms with Crippen molar-refractivity contribution in [1.82, 2.24) is 0 Å². The summed E-state index contributed by atoms with van der Waals surface area (Å²) in [6.45, 7) is 8.93. The second-order valence-electron chi connectivity index (χ2n) is 3.52. The maximum absolute atomic E-state index is 5.46. The molecule has 0 aromatic carbocycles. The Bertz CT molecular complexity index is 84.9. The van der Waals surface area contributed by atoms with Gasteiger partial charge >= 0.3 is 0 Å². The molecule has 0 aliphatic carbocycles. The summed E-state index contributed by atoms with van der Waals surface area (Å²) in [5, 5.41) is 0. The first-order valence-corrected chi connectivity index (χ1v) is 4.70. The van der Waals surface area contributed by atoms with Gasteiger partial charge < -0.3 is 4.74 Å². The van der Waals surface area contributed by atoms with Crippen molar-refractivity contribution in [2.45, 2.75) is 46.6 Å². The third-order valence-corrected chi connectivity index (χ3v) is 2.44. The first-order valence-electron chi connectivity index (χ1n) is 4.70. The summed E-state index contributed by atoms with van der Waals surface area (Å²) in [6.07, 6.45) is 2.91. The quantitative estimate of drug-likeness (QED) is 0.597. The van der Waals surface area contributed by atoms with Crippen LogP contribution in [0.25, 0.3) is 0 Å². The van der Waals surface area contributed by atoms with Crippen LogP contribution in [0.3, 0.4) is 0 Å². The summed E-state index contributed by atoms with van der Waals surface area (Å²) in [7, 11) is 1.82. The van der Waals surface area contributed by atoms with Crippen LogP contribution >= 0.6 is 0 Å². The molecule has 68 valence electrons. The summed E-state index contributed by atoms with van der Waals surface area (Å²) >= 11 is 0. The van der Waals surface area contributed by atoms with E-state index in [4.69, 9.17) is 4.74 Å². The van der Waals surface area contributed by atoms with Crippen molar-refractivity contribution in [2.75, 3.05) is 7.11 Å². The highest BCUT2D eigenvalue weighted by Gasteiger charge is 2.20. The van der Waals surface area contributed by atoms with Crippen LogP contribution in [0.1, 0.15) is 40.5 Å². The normalized spacial score (nSPS) is 14.5. The number of rotatable bonds is 5. The monoisotopic (exact) mass is 158 g/mol. The van der Waals surface area contributed by atoms with Gasteiger partial charge in [0.1, 0.15) is 0 Å². The highest BCUT2D eigenvalue weighted by Crippen LogP contribution is 2.21. The summed E-state index contributed by atoms with van der Waals surface area (Å²) in [5.74, 6) is 1.38. The largest absolute Gasteiger partial charge is 0.381 e. The van der Waals surface area contributed by atoms with E-state index < -0.39 is 0 Å². The molecule has 0 aliphatic heterocycles. The molecule has 0 fully saturated rings. The van der Waals surface area contributed by atoms with Crippen LogP contribution in [0.5, 0.6) is 0 Å². The average molecular weight is 158 g/mol. The van der Waals surface area contributed by atoms with Crippen LogP contribution in [-0.2, 0) is 4.74 Å². The molecule has 0 bridgehead atoms. The third kappa shape index (κ3) is 3.24. The molecular formula is C10H22O. The molecule has 0 radical (unpaired) electrons. The van der Waals surface area contributed by atoms with Crippen LogP contribution in [-0.4, -0.2) is 13.2 Å². The highest BCUT2D eigenvalue weighted by atomic mass is 16.5. The Hall–Kier alpha value is -0.0400. The standard InChI is InChI=1S/C10H22O/c1-6-9(7-2)10(11-5)8(3)4/h8-10H,6-7H2,1-5H3. The van der Waals surface area contributed by atoms with E-state index in [0.717, 1.165) is 5.92 Å². The van der Waals surface area contributed by atoms with Crippen LogP contribution in [0.15, 0.2) is 0 Å². The van der Waals surface area contributed by atoms with Crippen molar-refractivity contribution in [3.8, 4) is 0 Å². The van der Waals surface area contributed by atoms with Crippen molar-refractivity contribution in [3.63, 3.8) is 0 Å². The zero-order valence-electron chi connectivity index (χ0n) is 8.55. The van der Waals surface area contributed by atoms with Crippen LogP contribution < -0.4 is 0 Å². The molecular weight excluding hydrogens is 136 g/mol. The number of methoxy groups -OCH3 is 1. The molecule has 0 spiro atoms. The van der Waals surface area contributed by atoms with Crippen molar-refractivity contribution >= 4 is 0 Å². The van der Waals surface area contributed by atoms with E-state index in [2.05, 4.69) is 27.7 Å². The maximum atomic E-state index is 5.46. The molecule has 1 heteroatoms. The highest BCUT2D eigenvalue weighted by molar-refractivity contribution is 4.70. The fraction of sp³-hybridized carbons (Fsp3) is 1.00. The Kier molecular flexibility index (Phi) is 5.57. The minimum absolute atomic E-state index is 0.449. The smallest absolute Gasteiger partial charge is 0.0622 e. The zero-order valence-corrected chi connectivity index (χ0v) is 8.55. The molecule has 1 atom stereocenters. The lowest BCUT2D eigenvalue weighted by Crippen LogP contribution is -2.27. The second kappa shape index (κ2) is 5.59. The molecule has 0 heterocycles. The van der Waals surface area contributed by atoms with Gasteiger partial charge in [-0.25, -0.2) is 0 Å². The van der Waals surface area contributed by atoms with E-state index >= 15 is 0 Å². The fourth-order valence-electron chi connectivity index (χ4n) is 1.76. The SMILES string of the molecule is CCC(CC)C(OC)C(C)C. The first kappa shape index (κ1) is 11.0. The Balaban J connectivity index is 3.98. The predicted molar refractivity (Wildman–Crippen MR) is 49.7 cm³/mol.